The van der Waals surface area contributed by atoms with Crippen molar-refractivity contribution in [3.63, 3.8) is 0 Å². The first-order valence-electron chi connectivity index (χ1n) is 20.0. The van der Waals surface area contributed by atoms with Gasteiger partial charge in [0.05, 0.1) is 27.7 Å². The summed E-state index contributed by atoms with van der Waals surface area (Å²) in [6.07, 6.45) is 0. The van der Waals surface area contributed by atoms with Crippen LogP contribution in [0.25, 0.3) is 60.9 Å². The molecular weight excluding hydrogens is 738 g/mol. The lowest BCUT2D eigenvalue weighted by Crippen LogP contribution is -2.26. The first kappa shape index (κ1) is 34.8. The Morgan fingerprint density at radius 2 is 0.695 bits per heavy atom. The van der Waals surface area contributed by atoms with E-state index < -0.39 is 7.44 Å². The molecule has 0 radical (unpaired) electrons. The zero-order chi connectivity index (χ0) is 39.3. The number of nitrogens with zero attached hydrogens (tertiary/aromatic N) is 3. The average molecular weight is 776 g/mol. The molecule has 1 unspecified atom stereocenters. The average Bonchev–Trinajstić information content (AvgIpc) is 3.78. The van der Waals surface area contributed by atoms with Gasteiger partial charge in [-0.3, -0.25) is 13.9 Å². The maximum Gasteiger partial charge on any atom is 0.301 e. The first-order valence-corrected chi connectivity index (χ1v) is 21.6. The van der Waals surface area contributed by atoms with Crippen molar-refractivity contribution in [1.29, 1.82) is 0 Å². The minimum Gasteiger partial charge on any atom is -0.309 e. The summed E-state index contributed by atoms with van der Waals surface area (Å²) in [5, 5.41) is 3.20. The van der Waals surface area contributed by atoms with Crippen molar-refractivity contribution < 1.29 is 4.57 Å². The minimum absolute atomic E-state index is 0.771. The predicted octanol–water partition coefficient (Wildman–Crippen LogP) is 14.6. The molecular formula is C54H38N3OP. The maximum absolute atomic E-state index is 16.0. The van der Waals surface area contributed by atoms with Crippen LogP contribution in [-0.4, -0.2) is 4.57 Å². The number of hydrogen-bond acceptors (Lipinski definition) is 1. The van der Waals surface area contributed by atoms with Gasteiger partial charge in [0.25, 0.3) is 0 Å². The normalized spacial score (nSPS) is 14.8. The van der Waals surface area contributed by atoms with E-state index in [2.05, 4.69) is 149 Å². The molecule has 0 saturated heterocycles. The van der Waals surface area contributed by atoms with Crippen molar-refractivity contribution in [2.24, 2.45) is 0 Å². The van der Waals surface area contributed by atoms with Gasteiger partial charge in [-0.05, 0) is 118 Å². The zero-order valence-electron chi connectivity index (χ0n) is 32.1. The number of aromatic nitrogens is 1. The number of fused-ring (bicyclic) bond motifs is 4. The molecule has 0 spiro atoms. The van der Waals surface area contributed by atoms with Crippen LogP contribution in [0.3, 0.4) is 0 Å². The molecule has 1 aromatic heterocycles. The van der Waals surface area contributed by atoms with Gasteiger partial charge < -0.3 is 4.57 Å². The van der Waals surface area contributed by atoms with E-state index in [1.165, 1.54) is 33.0 Å². The molecule has 0 amide bonds. The molecule has 0 bridgehead atoms. The second kappa shape index (κ2) is 14.2. The lowest BCUT2D eigenvalue weighted by Gasteiger charge is -2.33. The van der Waals surface area contributed by atoms with Crippen LogP contribution in [-0.2, 0) is 4.57 Å². The van der Waals surface area contributed by atoms with Crippen molar-refractivity contribution in [1.82, 2.24) is 4.57 Å². The van der Waals surface area contributed by atoms with Crippen molar-refractivity contribution in [3.8, 4) is 39.1 Å². The molecule has 280 valence electrons. The highest BCUT2D eigenvalue weighted by Gasteiger charge is 2.49. The van der Waals surface area contributed by atoms with E-state index in [9.17, 15) is 0 Å². The van der Waals surface area contributed by atoms with Gasteiger partial charge in [0.1, 0.15) is 0 Å². The van der Waals surface area contributed by atoms with E-state index in [-0.39, 0.29) is 0 Å². The number of hydrogen-bond donors (Lipinski definition) is 0. The summed E-state index contributed by atoms with van der Waals surface area (Å²) in [6.45, 7) is 0. The van der Waals surface area contributed by atoms with E-state index in [0.717, 1.165) is 55.9 Å². The Morgan fingerprint density at radius 1 is 0.305 bits per heavy atom. The summed E-state index contributed by atoms with van der Waals surface area (Å²) in [5.74, 6) is 0. The number of anilines is 4. The number of benzene rings is 9. The standard InChI is InChI=1S/C54H38N3OP/c58-59(48-24-14-5-15-25-48)56(46-20-10-3-11-21-46)53-35-30-44(38-54(53)57(59)47-22-12-4-13-23-47)41-26-31-45(32-27-41)55-51-33-28-42(39-16-6-1-7-17-39)36-49(51)50-37-43(29-34-52(50)55)40-18-8-2-9-19-40/h1-38H. The number of rotatable bonds is 7. The SMILES string of the molecule is O=P1(c2ccccc2)N(c2ccccc2)c2ccc(-c3ccc(-n4c5ccc(-c6ccccc6)cc5c5cc(-c6ccccc6)ccc54)cc3)cc2N1c1ccccc1. The molecule has 1 aliphatic rings. The fraction of sp³-hybridized carbons (Fsp3) is 0. The van der Waals surface area contributed by atoms with Gasteiger partial charge in [0, 0.05) is 27.8 Å². The third kappa shape index (κ3) is 5.80. The first-order chi connectivity index (χ1) is 29.1. The fourth-order valence-corrected chi connectivity index (χ4v) is 11.7. The van der Waals surface area contributed by atoms with Crippen LogP contribution in [0.5, 0.6) is 0 Å². The largest absolute Gasteiger partial charge is 0.309 e. The Labute approximate surface area is 344 Å². The molecule has 11 rings (SSSR count). The van der Waals surface area contributed by atoms with Gasteiger partial charge in [-0.2, -0.15) is 0 Å². The monoisotopic (exact) mass is 775 g/mol. The molecule has 2 heterocycles. The van der Waals surface area contributed by atoms with Crippen LogP contribution in [0.1, 0.15) is 0 Å². The van der Waals surface area contributed by atoms with Crippen LogP contribution in [0.15, 0.2) is 231 Å². The Kier molecular flexibility index (Phi) is 8.39. The molecule has 0 saturated carbocycles. The maximum atomic E-state index is 16.0. The fourth-order valence-electron chi connectivity index (χ4n) is 8.74. The lowest BCUT2D eigenvalue weighted by atomic mass is 10.0. The lowest BCUT2D eigenvalue weighted by molar-refractivity contribution is 0.582. The van der Waals surface area contributed by atoms with Crippen molar-refractivity contribution >= 4 is 57.3 Å². The summed E-state index contributed by atoms with van der Waals surface area (Å²) in [5.41, 5.74) is 13.9. The molecule has 5 heteroatoms. The van der Waals surface area contributed by atoms with Crippen molar-refractivity contribution in [2.45, 2.75) is 0 Å². The van der Waals surface area contributed by atoms with Crippen LogP contribution < -0.4 is 14.6 Å². The third-order valence-corrected chi connectivity index (χ3v) is 14.5. The summed E-state index contributed by atoms with van der Waals surface area (Å²) >= 11 is 0. The van der Waals surface area contributed by atoms with E-state index in [1.54, 1.807) is 0 Å². The highest BCUT2D eigenvalue weighted by Crippen LogP contribution is 2.70. The van der Waals surface area contributed by atoms with Crippen LogP contribution in [0, 0.1) is 0 Å². The topological polar surface area (TPSA) is 28.5 Å². The molecule has 9 aromatic carbocycles. The summed E-state index contributed by atoms with van der Waals surface area (Å²) in [6, 6.07) is 80.3. The minimum atomic E-state index is -3.45. The molecule has 0 aliphatic carbocycles. The van der Waals surface area contributed by atoms with Gasteiger partial charge in [-0.25, -0.2) is 0 Å². The zero-order valence-corrected chi connectivity index (χ0v) is 33.0. The van der Waals surface area contributed by atoms with E-state index in [0.29, 0.717) is 0 Å². The van der Waals surface area contributed by atoms with E-state index >= 15 is 4.57 Å². The van der Waals surface area contributed by atoms with Gasteiger partial charge in [-0.1, -0.05) is 146 Å². The molecule has 1 aliphatic heterocycles. The summed E-state index contributed by atoms with van der Waals surface area (Å²) in [4.78, 5) is 0. The van der Waals surface area contributed by atoms with Gasteiger partial charge in [0.15, 0.2) is 0 Å². The Morgan fingerprint density at radius 3 is 1.20 bits per heavy atom. The van der Waals surface area contributed by atoms with Gasteiger partial charge in [0.2, 0.25) is 0 Å². The molecule has 10 aromatic rings. The Balaban J connectivity index is 1.05. The number of para-hydroxylation sites is 2. The second-order valence-electron chi connectivity index (χ2n) is 15.0. The third-order valence-electron chi connectivity index (χ3n) is 11.5. The Bertz CT molecular complexity index is 3070. The molecule has 4 nitrogen and oxygen atoms in total. The summed E-state index contributed by atoms with van der Waals surface area (Å²) in [7, 11) is -3.45. The second-order valence-corrected chi connectivity index (χ2v) is 17.4. The van der Waals surface area contributed by atoms with Crippen molar-refractivity contribution in [3.05, 3.63) is 231 Å². The van der Waals surface area contributed by atoms with Gasteiger partial charge in [-0.15, -0.1) is 0 Å². The molecule has 1 atom stereocenters. The smallest absolute Gasteiger partial charge is 0.301 e. The highest BCUT2D eigenvalue weighted by atomic mass is 31.2. The van der Waals surface area contributed by atoms with E-state index in [4.69, 9.17) is 0 Å². The van der Waals surface area contributed by atoms with Crippen LogP contribution in [0.2, 0.25) is 0 Å². The molecule has 0 fully saturated rings. The van der Waals surface area contributed by atoms with Crippen LogP contribution in [0.4, 0.5) is 22.7 Å². The molecule has 59 heavy (non-hydrogen) atoms. The van der Waals surface area contributed by atoms with E-state index in [1.807, 2.05) is 95.7 Å². The predicted molar refractivity (Wildman–Crippen MR) is 248 cm³/mol. The van der Waals surface area contributed by atoms with Crippen molar-refractivity contribution in [2.75, 3.05) is 9.34 Å². The molecule has 0 N–H and O–H groups in total. The quantitative estimate of drug-likeness (QED) is 0.151. The van der Waals surface area contributed by atoms with Gasteiger partial charge >= 0.3 is 7.44 Å². The summed E-state index contributed by atoms with van der Waals surface area (Å²) < 4.78 is 22.5. The highest BCUT2D eigenvalue weighted by molar-refractivity contribution is 7.76. The van der Waals surface area contributed by atoms with Crippen LogP contribution >= 0.6 is 7.44 Å². The Hall–Kier alpha value is -7.39.